The van der Waals surface area contributed by atoms with E-state index in [1.807, 2.05) is 43.3 Å². The van der Waals surface area contributed by atoms with Gasteiger partial charge in [0.2, 0.25) is 0 Å². The molecule has 0 fully saturated rings. The molecule has 4 rings (SSSR count). The number of pyridine rings is 3. The molecule has 0 aliphatic rings. The first-order valence-corrected chi connectivity index (χ1v) is 11.5. The van der Waals surface area contributed by atoms with Gasteiger partial charge in [0.05, 0.1) is 24.6 Å². The predicted octanol–water partition coefficient (Wildman–Crippen LogP) is 4.39. The van der Waals surface area contributed by atoms with Crippen molar-refractivity contribution in [1.82, 2.24) is 19.9 Å². The van der Waals surface area contributed by atoms with Crippen LogP contribution in [0.2, 0.25) is 0 Å². The van der Waals surface area contributed by atoms with Gasteiger partial charge < -0.3 is 20.3 Å². The van der Waals surface area contributed by atoms with E-state index in [0.717, 1.165) is 15.6 Å². The topological polar surface area (TPSA) is 113 Å². The minimum atomic E-state index is -0.416. The van der Waals surface area contributed by atoms with E-state index in [4.69, 9.17) is 4.74 Å². The SMILES string of the molecule is Cc1ncccc1Oc1cc(Sc2ccccn2)cnc1Nc1nc(C(CO)CO)cs1. The van der Waals surface area contributed by atoms with Gasteiger partial charge in [-0.25, -0.2) is 15.0 Å². The smallest absolute Gasteiger partial charge is 0.188 e. The summed E-state index contributed by atoms with van der Waals surface area (Å²) in [4.78, 5) is 18.5. The average molecular weight is 468 g/mol. The van der Waals surface area contributed by atoms with Gasteiger partial charge >= 0.3 is 0 Å². The van der Waals surface area contributed by atoms with E-state index >= 15 is 0 Å². The van der Waals surface area contributed by atoms with Crippen LogP contribution in [-0.4, -0.2) is 43.4 Å². The molecular weight excluding hydrogens is 446 g/mol. The summed E-state index contributed by atoms with van der Waals surface area (Å²) >= 11 is 2.84. The standard InChI is InChI=1S/C22H21N5O3S2/c1-14-18(5-4-8-23-14)30-19-9-16(32-20-6-2-3-7-24-20)10-25-21(19)27-22-26-17(13-31-22)15(11-28)12-29/h2-10,13,15,28-29H,11-12H2,1H3,(H,25,26,27). The fraction of sp³-hybridized carbons (Fsp3) is 0.182. The highest BCUT2D eigenvalue weighted by Gasteiger charge is 2.16. The molecule has 0 atom stereocenters. The largest absolute Gasteiger partial charge is 0.452 e. The first-order chi connectivity index (χ1) is 15.7. The zero-order valence-corrected chi connectivity index (χ0v) is 18.8. The van der Waals surface area contributed by atoms with Crippen molar-refractivity contribution >= 4 is 34.0 Å². The van der Waals surface area contributed by atoms with Gasteiger partial charge in [0.1, 0.15) is 10.8 Å². The number of thiazole rings is 1. The second-order valence-electron chi connectivity index (χ2n) is 6.74. The van der Waals surface area contributed by atoms with E-state index in [2.05, 4.69) is 25.3 Å². The van der Waals surface area contributed by atoms with Crippen molar-refractivity contribution in [1.29, 1.82) is 0 Å². The number of aromatic nitrogens is 4. The van der Waals surface area contributed by atoms with Crippen LogP contribution in [0.4, 0.5) is 10.9 Å². The van der Waals surface area contributed by atoms with Crippen LogP contribution >= 0.6 is 23.1 Å². The molecule has 0 saturated heterocycles. The Kier molecular flexibility index (Phi) is 7.28. The van der Waals surface area contributed by atoms with Crippen LogP contribution in [0.3, 0.4) is 0 Å². The van der Waals surface area contributed by atoms with Gasteiger partial charge in [-0.05, 0) is 31.2 Å². The minimum absolute atomic E-state index is 0.175. The summed E-state index contributed by atoms with van der Waals surface area (Å²) in [7, 11) is 0. The molecule has 4 heterocycles. The Morgan fingerprint density at radius 2 is 1.91 bits per heavy atom. The van der Waals surface area contributed by atoms with E-state index in [9.17, 15) is 10.2 Å². The molecule has 0 spiro atoms. The molecule has 0 aliphatic heterocycles. The maximum absolute atomic E-state index is 9.40. The molecule has 0 unspecified atom stereocenters. The Hall–Kier alpha value is -3.05. The highest BCUT2D eigenvalue weighted by atomic mass is 32.2. The average Bonchev–Trinajstić information content (AvgIpc) is 3.27. The van der Waals surface area contributed by atoms with Gasteiger partial charge in [-0.15, -0.1) is 11.3 Å². The summed E-state index contributed by atoms with van der Waals surface area (Å²) in [6.07, 6.45) is 5.19. The predicted molar refractivity (Wildman–Crippen MR) is 124 cm³/mol. The maximum atomic E-state index is 9.40. The molecule has 0 aliphatic carbocycles. The van der Waals surface area contributed by atoms with Gasteiger partial charge in [-0.2, -0.15) is 0 Å². The summed E-state index contributed by atoms with van der Waals surface area (Å²) in [5, 5.41) is 25.2. The second kappa shape index (κ2) is 10.5. The summed E-state index contributed by atoms with van der Waals surface area (Å²) in [5.74, 6) is 1.21. The zero-order valence-electron chi connectivity index (χ0n) is 17.2. The van der Waals surface area contributed by atoms with Crippen molar-refractivity contribution in [3.05, 3.63) is 71.8 Å². The zero-order chi connectivity index (χ0) is 22.3. The monoisotopic (exact) mass is 467 g/mol. The van der Waals surface area contributed by atoms with E-state index < -0.39 is 5.92 Å². The van der Waals surface area contributed by atoms with Crippen molar-refractivity contribution < 1.29 is 14.9 Å². The fourth-order valence-electron chi connectivity index (χ4n) is 2.76. The Morgan fingerprint density at radius 1 is 1.06 bits per heavy atom. The summed E-state index contributed by atoms with van der Waals surface area (Å²) in [6, 6.07) is 11.3. The van der Waals surface area contributed by atoms with Crippen LogP contribution in [0.1, 0.15) is 17.3 Å². The lowest BCUT2D eigenvalue weighted by atomic mass is 10.1. The first kappa shape index (κ1) is 22.2. The van der Waals surface area contributed by atoms with Crippen LogP contribution in [0, 0.1) is 6.92 Å². The van der Waals surface area contributed by atoms with Crippen molar-refractivity contribution in [3.63, 3.8) is 0 Å². The number of hydrogen-bond acceptors (Lipinski definition) is 10. The van der Waals surface area contributed by atoms with Crippen LogP contribution < -0.4 is 10.1 Å². The fourth-order valence-corrected chi connectivity index (χ4v) is 4.32. The Labute approximate surface area is 193 Å². The minimum Gasteiger partial charge on any atom is -0.452 e. The molecule has 4 aromatic heterocycles. The van der Waals surface area contributed by atoms with Crippen molar-refractivity contribution in [2.24, 2.45) is 0 Å². The number of nitrogens with one attached hydrogen (secondary N) is 1. The highest BCUT2D eigenvalue weighted by molar-refractivity contribution is 7.99. The molecule has 0 bridgehead atoms. The number of aliphatic hydroxyl groups excluding tert-OH is 2. The molecular formula is C22H21N5O3S2. The van der Waals surface area contributed by atoms with Crippen LogP contribution in [-0.2, 0) is 0 Å². The number of aryl methyl sites for hydroxylation is 1. The van der Waals surface area contributed by atoms with Crippen molar-refractivity contribution in [2.45, 2.75) is 22.8 Å². The molecule has 32 heavy (non-hydrogen) atoms. The maximum Gasteiger partial charge on any atom is 0.188 e. The van der Waals surface area contributed by atoms with Gasteiger partial charge in [0.15, 0.2) is 16.7 Å². The van der Waals surface area contributed by atoms with Crippen LogP contribution in [0.25, 0.3) is 0 Å². The highest BCUT2D eigenvalue weighted by Crippen LogP contribution is 2.36. The third kappa shape index (κ3) is 5.40. The number of nitrogens with zero attached hydrogens (tertiary/aromatic N) is 4. The lowest BCUT2D eigenvalue weighted by molar-refractivity contribution is 0.190. The van der Waals surface area contributed by atoms with E-state index in [-0.39, 0.29) is 13.2 Å². The summed E-state index contributed by atoms with van der Waals surface area (Å²) in [6.45, 7) is 1.53. The van der Waals surface area contributed by atoms with Gasteiger partial charge in [0.25, 0.3) is 0 Å². The molecule has 8 nitrogen and oxygen atoms in total. The lowest BCUT2D eigenvalue weighted by Gasteiger charge is -2.13. The second-order valence-corrected chi connectivity index (χ2v) is 8.69. The molecule has 0 aromatic carbocycles. The number of ether oxygens (including phenoxy) is 1. The number of anilines is 2. The first-order valence-electron chi connectivity index (χ1n) is 9.79. The van der Waals surface area contributed by atoms with Crippen molar-refractivity contribution in [2.75, 3.05) is 18.5 Å². The Balaban J connectivity index is 1.63. The van der Waals surface area contributed by atoms with Gasteiger partial charge in [0, 0.05) is 40.9 Å². The quantitative estimate of drug-likeness (QED) is 0.330. The number of hydrogen-bond donors (Lipinski definition) is 3. The summed E-state index contributed by atoms with van der Waals surface area (Å²) < 4.78 is 6.16. The third-order valence-electron chi connectivity index (χ3n) is 4.47. The number of rotatable bonds is 9. The lowest BCUT2D eigenvalue weighted by Crippen LogP contribution is -2.09. The Bertz CT molecular complexity index is 1170. The molecule has 10 heteroatoms. The molecule has 0 saturated carbocycles. The molecule has 0 radical (unpaired) electrons. The summed E-state index contributed by atoms with van der Waals surface area (Å²) in [5.41, 5.74) is 1.38. The van der Waals surface area contributed by atoms with E-state index in [1.165, 1.54) is 23.1 Å². The van der Waals surface area contributed by atoms with Crippen LogP contribution in [0.5, 0.6) is 11.5 Å². The third-order valence-corrected chi connectivity index (χ3v) is 6.16. The molecule has 164 valence electrons. The van der Waals surface area contributed by atoms with Crippen LogP contribution in [0.15, 0.2) is 70.3 Å². The normalized spacial score (nSPS) is 11.0. The Morgan fingerprint density at radius 3 is 2.66 bits per heavy atom. The van der Waals surface area contributed by atoms with Gasteiger partial charge in [-0.1, -0.05) is 17.8 Å². The van der Waals surface area contributed by atoms with E-state index in [0.29, 0.717) is 28.1 Å². The molecule has 4 aromatic rings. The number of aliphatic hydroxyl groups is 2. The molecule has 3 N–H and O–H groups in total. The van der Waals surface area contributed by atoms with E-state index in [1.54, 1.807) is 24.0 Å². The van der Waals surface area contributed by atoms with Gasteiger partial charge in [-0.3, -0.25) is 4.98 Å². The molecule has 0 amide bonds. The van der Waals surface area contributed by atoms with Crippen molar-refractivity contribution in [3.8, 4) is 11.5 Å².